The molecule has 1 atom stereocenters. The Kier molecular flexibility index (Phi) is 6.98. The number of hydrogen-bond donors (Lipinski definition) is 2. The number of halogens is 2. The van der Waals surface area contributed by atoms with Crippen molar-refractivity contribution in [1.82, 2.24) is 5.32 Å². The van der Waals surface area contributed by atoms with Gasteiger partial charge in [-0.2, -0.15) is 4.39 Å². The molecule has 5 nitrogen and oxygen atoms in total. The van der Waals surface area contributed by atoms with Gasteiger partial charge in [-0.15, -0.1) is 0 Å². The van der Waals surface area contributed by atoms with Crippen molar-refractivity contribution in [2.24, 2.45) is 0 Å². The summed E-state index contributed by atoms with van der Waals surface area (Å²) in [7, 11) is 0. The molecule has 0 spiro atoms. The third-order valence-corrected chi connectivity index (χ3v) is 2.54. The van der Waals surface area contributed by atoms with Gasteiger partial charge in [0.05, 0.1) is 18.2 Å². The molecule has 1 aromatic rings. The first-order chi connectivity index (χ1) is 11.1. The molecule has 0 aromatic heterocycles. The zero-order chi connectivity index (χ0) is 18.3. The molecule has 0 radical (unpaired) electrons. The van der Waals surface area contributed by atoms with Gasteiger partial charge >= 0.3 is 6.09 Å². The molecule has 1 amide bonds. The molecule has 0 bridgehead atoms. The lowest BCUT2D eigenvalue weighted by atomic mass is 10.1. The highest BCUT2D eigenvalue weighted by Crippen LogP contribution is 2.24. The summed E-state index contributed by atoms with van der Waals surface area (Å²) in [5, 5.41) is 11.3. The Morgan fingerprint density at radius 1 is 1.38 bits per heavy atom. The molecule has 0 heterocycles. The van der Waals surface area contributed by atoms with E-state index in [2.05, 4.69) is 17.2 Å². The highest BCUT2D eigenvalue weighted by atomic mass is 19.2. The van der Waals surface area contributed by atoms with E-state index in [1.165, 1.54) is 6.07 Å². The molecular weight excluding hydrogens is 320 g/mol. The number of rotatable bonds is 4. The van der Waals surface area contributed by atoms with Gasteiger partial charge in [-0.25, -0.2) is 9.18 Å². The van der Waals surface area contributed by atoms with Crippen LogP contribution in [0.3, 0.4) is 0 Å². The number of hydrogen-bond acceptors (Lipinski definition) is 4. The smallest absolute Gasteiger partial charge is 0.408 e. The van der Waals surface area contributed by atoms with Gasteiger partial charge in [0.2, 0.25) is 5.82 Å². The topological polar surface area (TPSA) is 67.8 Å². The number of ether oxygens (including phenoxy) is 2. The number of carbonyl (C=O) groups excluding carboxylic acids is 1. The van der Waals surface area contributed by atoms with E-state index in [1.54, 1.807) is 27.7 Å². The second-order valence-electron chi connectivity index (χ2n) is 5.95. The van der Waals surface area contributed by atoms with Gasteiger partial charge in [-0.05, 0) is 39.8 Å². The number of carbonyl (C=O) groups is 1. The van der Waals surface area contributed by atoms with Gasteiger partial charge in [-0.1, -0.05) is 11.8 Å². The molecule has 1 rings (SSSR count). The Labute approximate surface area is 140 Å². The highest BCUT2D eigenvalue weighted by molar-refractivity contribution is 5.68. The minimum atomic E-state index is -1.18. The van der Waals surface area contributed by atoms with Crippen LogP contribution in [0.2, 0.25) is 0 Å². The number of benzene rings is 1. The zero-order valence-electron chi connectivity index (χ0n) is 14.1. The Morgan fingerprint density at radius 2 is 2.04 bits per heavy atom. The number of nitrogens with one attached hydrogen (secondary N) is 1. The third kappa shape index (κ3) is 6.42. The Balaban J connectivity index is 2.88. The maximum atomic E-state index is 13.8. The molecule has 1 unspecified atom stereocenters. The lowest BCUT2D eigenvalue weighted by Gasteiger charge is -2.20. The summed E-state index contributed by atoms with van der Waals surface area (Å²) in [6, 6.07) is 1.61. The summed E-state index contributed by atoms with van der Waals surface area (Å²) in [6.45, 7) is 6.27. The first kappa shape index (κ1) is 19.7. The highest BCUT2D eigenvalue weighted by Gasteiger charge is 2.17. The first-order valence-electron chi connectivity index (χ1n) is 7.36. The lowest BCUT2D eigenvalue weighted by molar-refractivity contribution is 0.0519. The minimum absolute atomic E-state index is 0.111. The van der Waals surface area contributed by atoms with Crippen LogP contribution in [0.25, 0.3) is 0 Å². The summed E-state index contributed by atoms with van der Waals surface area (Å²) in [4.78, 5) is 11.6. The largest absolute Gasteiger partial charge is 0.487 e. The fourth-order valence-electron chi connectivity index (χ4n) is 1.63. The zero-order valence-corrected chi connectivity index (χ0v) is 14.1. The van der Waals surface area contributed by atoms with Gasteiger partial charge in [0, 0.05) is 0 Å². The van der Waals surface area contributed by atoms with E-state index in [1.807, 2.05) is 0 Å². The fourth-order valence-corrected chi connectivity index (χ4v) is 1.63. The molecule has 1 aromatic carbocycles. The van der Waals surface area contributed by atoms with Crippen molar-refractivity contribution in [3.05, 3.63) is 29.3 Å². The predicted molar refractivity (Wildman–Crippen MR) is 84.6 cm³/mol. The van der Waals surface area contributed by atoms with Crippen LogP contribution < -0.4 is 10.1 Å². The van der Waals surface area contributed by atoms with Crippen molar-refractivity contribution in [1.29, 1.82) is 0 Å². The summed E-state index contributed by atoms with van der Waals surface area (Å²) in [5.74, 6) is 2.68. The summed E-state index contributed by atoms with van der Waals surface area (Å²) in [5.41, 5.74) is -0.525. The van der Waals surface area contributed by atoms with E-state index in [9.17, 15) is 13.6 Å². The second-order valence-corrected chi connectivity index (χ2v) is 5.95. The second kappa shape index (κ2) is 8.50. The average Bonchev–Trinajstić information content (AvgIpc) is 2.45. The predicted octanol–water partition coefficient (Wildman–Crippen LogP) is 2.60. The molecule has 2 N–H and O–H groups in total. The van der Waals surface area contributed by atoms with Crippen molar-refractivity contribution in [2.45, 2.75) is 39.3 Å². The van der Waals surface area contributed by atoms with E-state index < -0.39 is 29.4 Å². The van der Waals surface area contributed by atoms with Crippen molar-refractivity contribution < 1.29 is 28.2 Å². The number of alkyl carbamates (subject to hydrolysis) is 1. The van der Waals surface area contributed by atoms with Gasteiger partial charge in [0.25, 0.3) is 0 Å². The Hall–Kier alpha value is -2.33. The average molecular weight is 341 g/mol. The van der Waals surface area contributed by atoms with Gasteiger partial charge < -0.3 is 19.9 Å². The molecule has 0 saturated heterocycles. The van der Waals surface area contributed by atoms with Crippen LogP contribution in [0.15, 0.2) is 12.1 Å². The van der Waals surface area contributed by atoms with Crippen molar-refractivity contribution in [3.8, 4) is 17.6 Å². The molecular formula is C17H21F2NO4. The van der Waals surface area contributed by atoms with E-state index in [0.29, 0.717) is 0 Å². The van der Waals surface area contributed by atoms with Crippen LogP contribution in [0.4, 0.5) is 13.6 Å². The van der Waals surface area contributed by atoms with Gasteiger partial charge in [0.15, 0.2) is 11.6 Å². The molecule has 0 fully saturated rings. The molecule has 0 saturated carbocycles. The van der Waals surface area contributed by atoms with E-state index in [4.69, 9.17) is 14.6 Å². The van der Waals surface area contributed by atoms with E-state index in [0.717, 1.165) is 6.07 Å². The number of amides is 1. The third-order valence-electron chi connectivity index (χ3n) is 2.54. The molecule has 132 valence electrons. The molecule has 24 heavy (non-hydrogen) atoms. The standard InChI is InChI=1S/C17H21F2NO4/c1-11(20-16(22)24-17(2,3)4)5-6-12-7-8-13(18)14(19)15(12)23-10-9-21/h7-8,11,21H,9-10H2,1-4H3,(H,20,22). The minimum Gasteiger partial charge on any atom is -0.487 e. The first-order valence-corrected chi connectivity index (χ1v) is 7.36. The fraction of sp³-hybridized carbons (Fsp3) is 0.471. The quantitative estimate of drug-likeness (QED) is 0.826. The Morgan fingerprint density at radius 3 is 2.62 bits per heavy atom. The maximum Gasteiger partial charge on any atom is 0.408 e. The van der Waals surface area contributed by atoms with Crippen molar-refractivity contribution >= 4 is 6.09 Å². The summed E-state index contributed by atoms with van der Waals surface area (Å²) >= 11 is 0. The van der Waals surface area contributed by atoms with Crippen LogP contribution >= 0.6 is 0 Å². The lowest BCUT2D eigenvalue weighted by Crippen LogP contribution is -2.37. The normalized spacial score (nSPS) is 12.0. The van der Waals surface area contributed by atoms with Gasteiger partial charge in [-0.3, -0.25) is 0 Å². The maximum absolute atomic E-state index is 13.8. The number of aliphatic hydroxyl groups is 1. The molecule has 7 heteroatoms. The Bertz CT molecular complexity index is 644. The van der Waals surface area contributed by atoms with Crippen molar-refractivity contribution in [3.63, 3.8) is 0 Å². The van der Waals surface area contributed by atoms with Crippen molar-refractivity contribution in [2.75, 3.05) is 13.2 Å². The van der Waals surface area contributed by atoms with E-state index >= 15 is 0 Å². The molecule has 0 aliphatic heterocycles. The molecule has 0 aliphatic carbocycles. The van der Waals surface area contributed by atoms with E-state index in [-0.39, 0.29) is 24.5 Å². The summed E-state index contributed by atoms with van der Waals surface area (Å²) < 4.78 is 37.1. The van der Waals surface area contributed by atoms with Gasteiger partial charge in [0.1, 0.15) is 12.2 Å². The molecule has 0 aliphatic rings. The summed E-state index contributed by atoms with van der Waals surface area (Å²) in [6.07, 6.45) is -0.633. The van der Waals surface area contributed by atoms with Crippen LogP contribution in [0, 0.1) is 23.5 Å². The van der Waals surface area contributed by atoms with Crippen LogP contribution in [-0.4, -0.2) is 36.1 Å². The van der Waals surface area contributed by atoms with Crippen LogP contribution in [0.5, 0.6) is 5.75 Å². The number of aliphatic hydroxyl groups excluding tert-OH is 1. The SMILES string of the molecule is CC(C#Cc1ccc(F)c(F)c1OCCO)NC(=O)OC(C)(C)C. The monoisotopic (exact) mass is 341 g/mol. The van der Waals surface area contributed by atoms with Crippen LogP contribution in [0.1, 0.15) is 33.3 Å². The van der Waals surface area contributed by atoms with Crippen LogP contribution in [-0.2, 0) is 4.74 Å².